The molecule has 3 aromatic rings. The molecule has 0 fully saturated rings. The highest BCUT2D eigenvalue weighted by Gasteiger charge is 2.14. The number of amides is 1. The van der Waals surface area contributed by atoms with Gasteiger partial charge in [0.15, 0.2) is 0 Å². The molecule has 0 saturated heterocycles. The van der Waals surface area contributed by atoms with Gasteiger partial charge in [-0.15, -0.1) is 0 Å². The van der Waals surface area contributed by atoms with Gasteiger partial charge in [0.25, 0.3) is 5.91 Å². The zero-order valence-electron chi connectivity index (χ0n) is 13.7. The average Bonchev–Trinajstić information content (AvgIpc) is 2.66. The van der Waals surface area contributed by atoms with Gasteiger partial charge in [0.05, 0.1) is 6.04 Å². The molecule has 3 aromatic carbocycles. The smallest absolute Gasteiger partial charge is 0.251 e. The van der Waals surface area contributed by atoms with Crippen LogP contribution in [0.5, 0.6) is 5.75 Å². The third-order valence-electron chi connectivity index (χ3n) is 4.05. The Morgan fingerprint density at radius 3 is 2.28 bits per heavy atom. The maximum Gasteiger partial charge on any atom is 0.251 e. The molecule has 0 aliphatic carbocycles. The van der Waals surface area contributed by atoms with E-state index in [1.165, 1.54) is 0 Å². The standard InChI is InChI=1S/C21H20N2O2/c22-14-20(15-6-2-1-3-7-15)23-21(25)18-10-4-8-16(12-18)17-9-5-11-19(24)13-17/h1-13,20,24H,14,22H2,(H,23,25)/t20-/m0/s1. The number of hydrogen-bond donors (Lipinski definition) is 3. The van der Waals surface area contributed by atoms with Crippen molar-refractivity contribution in [3.63, 3.8) is 0 Å². The second-order valence-corrected chi connectivity index (χ2v) is 5.80. The number of rotatable bonds is 5. The quantitative estimate of drug-likeness (QED) is 0.669. The maximum absolute atomic E-state index is 12.6. The third-order valence-corrected chi connectivity index (χ3v) is 4.05. The lowest BCUT2D eigenvalue weighted by Gasteiger charge is -2.17. The van der Waals surface area contributed by atoms with Crippen molar-refractivity contribution in [2.24, 2.45) is 5.73 Å². The van der Waals surface area contributed by atoms with E-state index in [-0.39, 0.29) is 17.7 Å². The van der Waals surface area contributed by atoms with E-state index in [1.54, 1.807) is 24.3 Å². The number of phenols is 1. The van der Waals surface area contributed by atoms with Crippen LogP contribution in [0.2, 0.25) is 0 Å². The molecule has 0 unspecified atom stereocenters. The van der Waals surface area contributed by atoms with Crippen LogP contribution in [0.25, 0.3) is 11.1 Å². The van der Waals surface area contributed by atoms with Crippen molar-refractivity contribution in [3.8, 4) is 16.9 Å². The van der Waals surface area contributed by atoms with Crippen LogP contribution < -0.4 is 11.1 Å². The molecule has 4 nitrogen and oxygen atoms in total. The topological polar surface area (TPSA) is 75.3 Å². The first-order valence-electron chi connectivity index (χ1n) is 8.12. The molecule has 0 aliphatic heterocycles. The van der Waals surface area contributed by atoms with E-state index in [4.69, 9.17) is 5.73 Å². The maximum atomic E-state index is 12.6. The molecule has 0 aliphatic rings. The second-order valence-electron chi connectivity index (χ2n) is 5.80. The first-order valence-corrected chi connectivity index (χ1v) is 8.12. The van der Waals surface area contributed by atoms with Crippen LogP contribution in [0.3, 0.4) is 0 Å². The minimum absolute atomic E-state index is 0.179. The van der Waals surface area contributed by atoms with Crippen LogP contribution in [-0.2, 0) is 0 Å². The summed E-state index contributed by atoms with van der Waals surface area (Å²) >= 11 is 0. The highest BCUT2D eigenvalue weighted by atomic mass is 16.3. The van der Waals surface area contributed by atoms with E-state index >= 15 is 0 Å². The number of carbonyl (C=O) groups is 1. The van der Waals surface area contributed by atoms with Crippen molar-refractivity contribution in [2.75, 3.05) is 6.54 Å². The number of nitrogens with two attached hydrogens (primary N) is 1. The van der Waals surface area contributed by atoms with Crippen LogP contribution in [0.4, 0.5) is 0 Å². The van der Waals surface area contributed by atoms with Gasteiger partial charge in [-0.3, -0.25) is 4.79 Å². The van der Waals surface area contributed by atoms with Gasteiger partial charge in [-0.25, -0.2) is 0 Å². The van der Waals surface area contributed by atoms with Crippen LogP contribution in [0.1, 0.15) is 22.0 Å². The molecule has 4 N–H and O–H groups in total. The summed E-state index contributed by atoms with van der Waals surface area (Å²) in [7, 11) is 0. The lowest BCUT2D eigenvalue weighted by molar-refractivity contribution is 0.0938. The number of hydrogen-bond acceptors (Lipinski definition) is 3. The summed E-state index contributed by atoms with van der Waals surface area (Å²) in [5.41, 5.74) is 9.07. The van der Waals surface area contributed by atoms with Crippen molar-refractivity contribution < 1.29 is 9.90 Å². The summed E-state index contributed by atoms with van der Waals surface area (Å²) < 4.78 is 0. The van der Waals surface area contributed by atoms with Gasteiger partial charge in [-0.05, 0) is 41.0 Å². The Balaban J connectivity index is 1.82. The lowest BCUT2D eigenvalue weighted by atomic mass is 10.0. The summed E-state index contributed by atoms with van der Waals surface area (Å²) in [5, 5.41) is 12.6. The zero-order valence-corrected chi connectivity index (χ0v) is 13.7. The number of benzene rings is 3. The fraction of sp³-hybridized carbons (Fsp3) is 0.0952. The predicted molar refractivity (Wildman–Crippen MR) is 99.2 cm³/mol. The fourth-order valence-electron chi connectivity index (χ4n) is 2.73. The molecular weight excluding hydrogens is 312 g/mol. The van der Waals surface area contributed by atoms with Gasteiger partial charge in [-0.2, -0.15) is 0 Å². The molecule has 0 radical (unpaired) electrons. The molecule has 3 rings (SSSR count). The molecule has 0 saturated carbocycles. The fourth-order valence-corrected chi connectivity index (χ4v) is 2.73. The average molecular weight is 332 g/mol. The highest BCUT2D eigenvalue weighted by molar-refractivity contribution is 5.95. The molecule has 0 aromatic heterocycles. The Hall–Kier alpha value is -3.11. The Kier molecular flexibility index (Phi) is 5.11. The molecule has 4 heteroatoms. The summed E-state index contributed by atoms with van der Waals surface area (Å²) in [4.78, 5) is 12.6. The molecule has 1 amide bonds. The number of phenolic OH excluding ortho intramolecular Hbond substituents is 1. The van der Waals surface area contributed by atoms with Gasteiger partial charge in [0.2, 0.25) is 0 Å². The zero-order chi connectivity index (χ0) is 17.6. The van der Waals surface area contributed by atoms with E-state index in [0.717, 1.165) is 16.7 Å². The summed E-state index contributed by atoms with van der Waals surface area (Å²) in [6.45, 7) is 0.321. The lowest BCUT2D eigenvalue weighted by Crippen LogP contribution is -2.33. The third kappa shape index (κ3) is 4.05. The SMILES string of the molecule is NC[C@H](NC(=O)c1cccc(-c2cccc(O)c2)c1)c1ccccc1. The van der Waals surface area contributed by atoms with E-state index in [2.05, 4.69) is 5.32 Å². The van der Waals surface area contributed by atoms with Crippen molar-refractivity contribution in [1.29, 1.82) is 0 Å². The van der Waals surface area contributed by atoms with Crippen LogP contribution >= 0.6 is 0 Å². The minimum atomic E-state index is -0.238. The van der Waals surface area contributed by atoms with Crippen molar-refractivity contribution in [3.05, 3.63) is 90.0 Å². The van der Waals surface area contributed by atoms with Crippen molar-refractivity contribution in [1.82, 2.24) is 5.32 Å². The largest absolute Gasteiger partial charge is 0.508 e. The Morgan fingerprint density at radius 1 is 0.920 bits per heavy atom. The highest BCUT2D eigenvalue weighted by Crippen LogP contribution is 2.24. The van der Waals surface area contributed by atoms with Crippen LogP contribution in [0.15, 0.2) is 78.9 Å². The van der Waals surface area contributed by atoms with Gasteiger partial charge in [0, 0.05) is 12.1 Å². The second kappa shape index (κ2) is 7.64. The molecular formula is C21H20N2O2. The van der Waals surface area contributed by atoms with E-state index in [0.29, 0.717) is 12.1 Å². The number of carbonyl (C=O) groups excluding carboxylic acids is 1. The normalized spacial score (nSPS) is 11.7. The van der Waals surface area contributed by atoms with E-state index in [9.17, 15) is 9.90 Å². The van der Waals surface area contributed by atoms with Gasteiger partial charge in [0.1, 0.15) is 5.75 Å². The number of nitrogens with one attached hydrogen (secondary N) is 1. The molecule has 0 bridgehead atoms. The predicted octanol–water partition coefficient (Wildman–Crippen LogP) is 3.49. The molecule has 25 heavy (non-hydrogen) atoms. The van der Waals surface area contributed by atoms with Gasteiger partial charge in [-0.1, -0.05) is 54.6 Å². The molecule has 126 valence electrons. The van der Waals surface area contributed by atoms with E-state index in [1.807, 2.05) is 54.6 Å². The Morgan fingerprint density at radius 2 is 1.60 bits per heavy atom. The van der Waals surface area contributed by atoms with Gasteiger partial charge < -0.3 is 16.2 Å². The minimum Gasteiger partial charge on any atom is -0.508 e. The first kappa shape index (κ1) is 16.7. The Labute approximate surface area is 146 Å². The summed E-state index contributed by atoms with van der Waals surface area (Å²) in [5.74, 6) is 0.0148. The van der Waals surface area contributed by atoms with Crippen LogP contribution in [-0.4, -0.2) is 17.6 Å². The molecule has 0 heterocycles. The first-order chi connectivity index (χ1) is 12.2. The molecule has 0 spiro atoms. The Bertz CT molecular complexity index is 863. The van der Waals surface area contributed by atoms with Crippen molar-refractivity contribution in [2.45, 2.75) is 6.04 Å². The number of aromatic hydroxyl groups is 1. The van der Waals surface area contributed by atoms with Gasteiger partial charge >= 0.3 is 0 Å². The van der Waals surface area contributed by atoms with Crippen LogP contribution in [0, 0.1) is 0 Å². The summed E-state index contributed by atoms with van der Waals surface area (Å²) in [6, 6.07) is 23.7. The molecule has 1 atom stereocenters. The monoisotopic (exact) mass is 332 g/mol. The van der Waals surface area contributed by atoms with E-state index < -0.39 is 0 Å². The summed E-state index contributed by atoms with van der Waals surface area (Å²) in [6.07, 6.45) is 0. The van der Waals surface area contributed by atoms with Crippen molar-refractivity contribution >= 4 is 5.91 Å².